The minimum absolute atomic E-state index is 0.0166. The number of aromatic nitrogens is 1. The lowest BCUT2D eigenvalue weighted by Gasteiger charge is -2.09. The first-order chi connectivity index (χ1) is 12.8. The van der Waals surface area contributed by atoms with Crippen LogP contribution in [0.25, 0.3) is 10.9 Å². The number of benzene rings is 2. The Morgan fingerprint density at radius 2 is 1.92 bits per heavy atom. The van der Waals surface area contributed by atoms with Crippen LogP contribution in [0.5, 0.6) is 5.75 Å². The Morgan fingerprint density at radius 3 is 2.81 bits per heavy atom. The third-order valence-corrected chi connectivity index (χ3v) is 4.16. The van der Waals surface area contributed by atoms with E-state index in [2.05, 4.69) is 21.7 Å². The quantitative estimate of drug-likeness (QED) is 0.612. The molecule has 0 bridgehead atoms. The highest BCUT2D eigenvalue weighted by Crippen LogP contribution is 2.20. The van der Waals surface area contributed by atoms with Gasteiger partial charge in [0, 0.05) is 24.5 Å². The van der Waals surface area contributed by atoms with Crippen molar-refractivity contribution < 1.29 is 9.53 Å². The molecule has 2 aromatic carbocycles. The minimum Gasteiger partial charge on any atom is -0.497 e. The molecule has 0 aliphatic rings. The third kappa shape index (κ3) is 4.80. The van der Waals surface area contributed by atoms with Crippen LogP contribution in [0.15, 0.2) is 60.8 Å². The fourth-order valence-electron chi connectivity index (χ4n) is 2.81. The van der Waals surface area contributed by atoms with Gasteiger partial charge in [0.2, 0.25) is 5.91 Å². The Kier molecular flexibility index (Phi) is 6.17. The molecule has 0 radical (unpaired) electrons. The molecule has 0 atom stereocenters. The number of para-hydroxylation sites is 1. The number of anilines is 1. The molecule has 26 heavy (non-hydrogen) atoms. The van der Waals surface area contributed by atoms with E-state index in [4.69, 9.17) is 4.74 Å². The van der Waals surface area contributed by atoms with Gasteiger partial charge in [0.15, 0.2) is 0 Å². The molecule has 5 nitrogen and oxygen atoms in total. The normalized spacial score (nSPS) is 10.7. The van der Waals surface area contributed by atoms with Crippen molar-refractivity contribution in [3.8, 4) is 5.75 Å². The summed E-state index contributed by atoms with van der Waals surface area (Å²) in [5.41, 5.74) is 2.78. The maximum Gasteiger partial charge on any atom is 0.225 e. The van der Waals surface area contributed by atoms with Gasteiger partial charge in [-0.3, -0.25) is 9.78 Å². The van der Waals surface area contributed by atoms with Crippen LogP contribution in [0, 0.1) is 0 Å². The van der Waals surface area contributed by atoms with E-state index in [0.717, 1.165) is 35.3 Å². The lowest BCUT2D eigenvalue weighted by atomic mass is 10.1. The van der Waals surface area contributed by atoms with Crippen molar-refractivity contribution in [1.82, 2.24) is 10.3 Å². The van der Waals surface area contributed by atoms with Gasteiger partial charge < -0.3 is 15.4 Å². The van der Waals surface area contributed by atoms with Crippen molar-refractivity contribution >= 4 is 22.5 Å². The van der Waals surface area contributed by atoms with Gasteiger partial charge in [0.05, 0.1) is 18.3 Å². The molecule has 134 valence electrons. The van der Waals surface area contributed by atoms with Crippen LogP contribution in [0.3, 0.4) is 0 Å². The molecule has 0 aliphatic carbocycles. The van der Waals surface area contributed by atoms with Crippen LogP contribution >= 0.6 is 0 Å². The largest absolute Gasteiger partial charge is 0.497 e. The average molecular weight is 349 g/mol. The van der Waals surface area contributed by atoms with E-state index < -0.39 is 0 Å². The van der Waals surface area contributed by atoms with Gasteiger partial charge >= 0.3 is 0 Å². The summed E-state index contributed by atoms with van der Waals surface area (Å²) >= 11 is 0. The number of nitrogens with zero attached hydrogens (tertiary/aromatic N) is 1. The number of pyridine rings is 1. The number of hydrogen-bond donors (Lipinski definition) is 2. The maximum atomic E-state index is 12.2. The molecule has 0 unspecified atom stereocenters. The monoisotopic (exact) mass is 349 g/mol. The second kappa shape index (κ2) is 8.97. The second-order valence-electron chi connectivity index (χ2n) is 6.03. The number of carbonyl (C=O) groups is 1. The average Bonchev–Trinajstić information content (AvgIpc) is 2.68. The minimum atomic E-state index is -0.0166. The first-order valence-corrected chi connectivity index (χ1v) is 8.73. The summed E-state index contributed by atoms with van der Waals surface area (Å²) in [6, 6.07) is 17.7. The van der Waals surface area contributed by atoms with E-state index in [-0.39, 0.29) is 5.91 Å². The van der Waals surface area contributed by atoms with Gasteiger partial charge in [0.25, 0.3) is 0 Å². The number of hydrogen-bond acceptors (Lipinski definition) is 4. The zero-order valence-electron chi connectivity index (χ0n) is 14.9. The number of fused-ring (bicyclic) bond motifs is 1. The molecule has 0 fully saturated rings. The molecule has 2 N–H and O–H groups in total. The van der Waals surface area contributed by atoms with Gasteiger partial charge in [-0.1, -0.05) is 30.3 Å². The van der Waals surface area contributed by atoms with E-state index in [9.17, 15) is 4.79 Å². The van der Waals surface area contributed by atoms with Crippen molar-refractivity contribution in [2.75, 3.05) is 25.5 Å². The van der Waals surface area contributed by atoms with Crippen molar-refractivity contribution in [1.29, 1.82) is 0 Å². The number of ether oxygens (including phenoxy) is 1. The molecule has 1 heterocycles. The smallest absolute Gasteiger partial charge is 0.225 e. The van der Waals surface area contributed by atoms with Crippen LogP contribution in [0.2, 0.25) is 0 Å². The molecule has 0 saturated carbocycles. The SMILES string of the molecule is COc1cccc(CCNCCC(=O)Nc2cccc3cccnc23)c1. The van der Waals surface area contributed by atoms with Crippen molar-refractivity contribution in [3.63, 3.8) is 0 Å². The highest BCUT2D eigenvalue weighted by molar-refractivity contribution is 6.00. The van der Waals surface area contributed by atoms with Crippen LogP contribution in [-0.4, -0.2) is 31.1 Å². The summed E-state index contributed by atoms with van der Waals surface area (Å²) in [6.07, 6.45) is 3.05. The predicted molar refractivity (Wildman–Crippen MR) is 105 cm³/mol. The molecule has 5 heteroatoms. The molecule has 1 amide bonds. The Hall–Kier alpha value is -2.92. The van der Waals surface area contributed by atoms with Gasteiger partial charge in [-0.05, 0) is 42.8 Å². The topological polar surface area (TPSA) is 63.2 Å². The zero-order valence-corrected chi connectivity index (χ0v) is 14.9. The van der Waals surface area contributed by atoms with Gasteiger partial charge in [-0.2, -0.15) is 0 Å². The number of carbonyl (C=O) groups excluding carboxylic acids is 1. The van der Waals surface area contributed by atoms with E-state index >= 15 is 0 Å². The summed E-state index contributed by atoms with van der Waals surface area (Å²) in [6.45, 7) is 1.45. The Morgan fingerprint density at radius 1 is 1.08 bits per heavy atom. The molecule has 3 aromatic rings. The van der Waals surface area contributed by atoms with Gasteiger partial charge in [-0.15, -0.1) is 0 Å². The second-order valence-corrected chi connectivity index (χ2v) is 6.03. The molecular weight excluding hydrogens is 326 g/mol. The van der Waals surface area contributed by atoms with Crippen LogP contribution < -0.4 is 15.4 Å². The Bertz CT molecular complexity index is 875. The summed E-state index contributed by atoms with van der Waals surface area (Å²) in [4.78, 5) is 16.5. The molecule has 0 saturated heterocycles. The van der Waals surface area contributed by atoms with Gasteiger partial charge in [-0.25, -0.2) is 0 Å². The Balaban J connectivity index is 1.43. The van der Waals surface area contributed by atoms with Crippen molar-refractivity contribution in [2.24, 2.45) is 0 Å². The van der Waals surface area contributed by atoms with Crippen LogP contribution in [0.1, 0.15) is 12.0 Å². The number of rotatable bonds is 8. The summed E-state index contributed by atoms with van der Waals surface area (Å²) < 4.78 is 5.22. The van der Waals surface area contributed by atoms with E-state index in [1.54, 1.807) is 13.3 Å². The van der Waals surface area contributed by atoms with Crippen molar-refractivity contribution in [2.45, 2.75) is 12.8 Å². The third-order valence-electron chi connectivity index (χ3n) is 4.16. The highest BCUT2D eigenvalue weighted by atomic mass is 16.5. The molecular formula is C21H23N3O2. The molecule has 0 spiro atoms. The molecule has 1 aromatic heterocycles. The van der Waals surface area contributed by atoms with E-state index in [0.29, 0.717) is 13.0 Å². The number of methoxy groups -OCH3 is 1. The maximum absolute atomic E-state index is 12.2. The first-order valence-electron chi connectivity index (χ1n) is 8.73. The fraction of sp³-hybridized carbons (Fsp3) is 0.238. The van der Waals surface area contributed by atoms with Gasteiger partial charge in [0.1, 0.15) is 5.75 Å². The summed E-state index contributed by atoms with van der Waals surface area (Å²) in [5.74, 6) is 0.850. The number of amides is 1. The summed E-state index contributed by atoms with van der Waals surface area (Å²) in [5, 5.41) is 7.27. The van der Waals surface area contributed by atoms with E-state index in [1.807, 2.05) is 48.5 Å². The lowest BCUT2D eigenvalue weighted by Crippen LogP contribution is -2.23. The fourth-order valence-corrected chi connectivity index (χ4v) is 2.81. The summed E-state index contributed by atoms with van der Waals surface area (Å²) in [7, 11) is 1.67. The number of nitrogens with one attached hydrogen (secondary N) is 2. The van der Waals surface area contributed by atoms with Crippen molar-refractivity contribution in [3.05, 3.63) is 66.4 Å². The van der Waals surface area contributed by atoms with Crippen LogP contribution in [0.4, 0.5) is 5.69 Å². The first kappa shape index (κ1) is 17.9. The predicted octanol–water partition coefficient (Wildman–Crippen LogP) is 3.40. The highest BCUT2D eigenvalue weighted by Gasteiger charge is 2.06. The van der Waals surface area contributed by atoms with E-state index in [1.165, 1.54) is 5.56 Å². The molecule has 0 aliphatic heterocycles. The molecule has 3 rings (SSSR count). The lowest BCUT2D eigenvalue weighted by molar-refractivity contribution is -0.116. The Labute approximate surface area is 153 Å². The van der Waals surface area contributed by atoms with Crippen LogP contribution in [-0.2, 0) is 11.2 Å². The standard InChI is InChI=1S/C21H23N3O2/c1-26-18-8-2-5-16(15-18)10-13-22-14-11-20(25)24-19-9-3-6-17-7-4-12-23-21(17)19/h2-9,12,15,22H,10-11,13-14H2,1H3,(H,24,25). The zero-order chi connectivity index (χ0) is 18.2.